The van der Waals surface area contributed by atoms with Gasteiger partial charge in [-0.15, -0.1) is 0 Å². The van der Waals surface area contributed by atoms with Gasteiger partial charge < -0.3 is 10.2 Å². The van der Waals surface area contributed by atoms with Crippen molar-refractivity contribution in [2.24, 2.45) is 0 Å². The Kier molecular flexibility index (Phi) is 4.76. The second-order valence-corrected chi connectivity index (χ2v) is 6.30. The summed E-state index contributed by atoms with van der Waals surface area (Å²) in [7, 11) is 1.88. The molecule has 0 aliphatic carbocycles. The number of likely N-dealkylation sites (tertiary alicyclic amines) is 1. The van der Waals surface area contributed by atoms with E-state index in [1.807, 2.05) is 19.2 Å². The van der Waals surface area contributed by atoms with Crippen LogP contribution < -0.4 is 10.2 Å². The largest absolute Gasteiger partial charge is 0.368 e. The quantitative estimate of drug-likeness (QED) is 0.920. The van der Waals surface area contributed by atoms with Gasteiger partial charge in [0.25, 0.3) is 0 Å². The molecule has 116 valence electrons. The fourth-order valence-electron chi connectivity index (χ4n) is 3.66. The Morgan fingerprint density at radius 3 is 2.71 bits per heavy atom. The summed E-state index contributed by atoms with van der Waals surface area (Å²) in [6.07, 6.45) is 5.18. The van der Waals surface area contributed by atoms with Crippen molar-refractivity contribution >= 4 is 5.69 Å². The third-order valence-corrected chi connectivity index (χ3v) is 4.80. The van der Waals surface area contributed by atoms with Gasteiger partial charge >= 0.3 is 0 Å². The first-order valence-electron chi connectivity index (χ1n) is 8.20. The Labute approximate surface area is 127 Å². The van der Waals surface area contributed by atoms with E-state index in [4.69, 9.17) is 0 Å². The molecule has 2 saturated heterocycles. The summed E-state index contributed by atoms with van der Waals surface area (Å²) in [6, 6.07) is 6.26. The summed E-state index contributed by atoms with van der Waals surface area (Å²) < 4.78 is 14.3. The van der Waals surface area contributed by atoms with E-state index >= 15 is 0 Å². The van der Waals surface area contributed by atoms with Crippen LogP contribution in [-0.2, 0) is 6.54 Å². The van der Waals surface area contributed by atoms with E-state index < -0.39 is 0 Å². The zero-order valence-electron chi connectivity index (χ0n) is 12.9. The number of anilines is 1. The number of halogens is 1. The van der Waals surface area contributed by atoms with Crippen molar-refractivity contribution in [2.45, 2.75) is 38.3 Å². The zero-order valence-corrected chi connectivity index (χ0v) is 12.9. The van der Waals surface area contributed by atoms with Crippen LogP contribution in [0.1, 0.15) is 31.2 Å². The van der Waals surface area contributed by atoms with Crippen molar-refractivity contribution in [1.29, 1.82) is 0 Å². The molecular weight excluding hydrogens is 265 g/mol. The number of piperidine rings is 1. The molecule has 1 aromatic carbocycles. The molecule has 1 unspecified atom stereocenters. The molecule has 0 amide bonds. The van der Waals surface area contributed by atoms with Crippen molar-refractivity contribution in [3.63, 3.8) is 0 Å². The molecule has 0 saturated carbocycles. The van der Waals surface area contributed by atoms with E-state index in [2.05, 4.69) is 15.1 Å². The third kappa shape index (κ3) is 3.38. The Balaban J connectivity index is 1.65. The fourth-order valence-corrected chi connectivity index (χ4v) is 3.66. The number of nitrogens with one attached hydrogen (secondary N) is 1. The van der Waals surface area contributed by atoms with Crippen LogP contribution in [0.5, 0.6) is 0 Å². The SMILES string of the molecule is CNCc1ccc(N2CCC(N3CCCCC3)C2)c(F)c1. The first-order chi connectivity index (χ1) is 10.3. The summed E-state index contributed by atoms with van der Waals surface area (Å²) in [5.74, 6) is -0.0814. The van der Waals surface area contributed by atoms with Crippen LogP contribution in [0.3, 0.4) is 0 Å². The highest BCUT2D eigenvalue weighted by molar-refractivity contribution is 5.50. The summed E-state index contributed by atoms with van der Waals surface area (Å²) in [5, 5.41) is 3.06. The standard InChI is InChI=1S/C17H26FN3/c1-19-12-14-5-6-17(16(18)11-14)21-10-7-15(13-21)20-8-3-2-4-9-20/h5-6,11,15,19H,2-4,7-10,12-13H2,1H3. The third-order valence-electron chi connectivity index (χ3n) is 4.80. The molecule has 2 aliphatic rings. The van der Waals surface area contributed by atoms with Gasteiger partial charge in [0.1, 0.15) is 5.82 Å². The molecule has 0 spiro atoms. The van der Waals surface area contributed by atoms with Gasteiger partial charge in [-0.1, -0.05) is 12.5 Å². The minimum Gasteiger partial charge on any atom is -0.368 e. The predicted molar refractivity (Wildman–Crippen MR) is 85.2 cm³/mol. The van der Waals surface area contributed by atoms with E-state index in [0.717, 1.165) is 30.8 Å². The van der Waals surface area contributed by atoms with Gasteiger partial charge in [0, 0.05) is 25.7 Å². The highest BCUT2D eigenvalue weighted by atomic mass is 19.1. The normalized spacial score (nSPS) is 23.7. The number of benzene rings is 1. The number of rotatable bonds is 4. The topological polar surface area (TPSA) is 18.5 Å². The van der Waals surface area contributed by atoms with Gasteiger partial charge in [-0.25, -0.2) is 4.39 Å². The summed E-state index contributed by atoms with van der Waals surface area (Å²) in [4.78, 5) is 4.83. The summed E-state index contributed by atoms with van der Waals surface area (Å²) >= 11 is 0. The maximum Gasteiger partial charge on any atom is 0.146 e. The second kappa shape index (κ2) is 6.75. The van der Waals surface area contributed by atoms with Crippen LogP contribution >= 0.6 is 0 Å². The summed E-state index contributed by atoms with van der Waals surface area (Å²) in [5.41, 5.74) is 1.78. The molecule has 0 aromatic heterocycles. The average Bonchev–Trinajstić information content (AvgIpc) is 2.98. The van der Waals surface area contributed by atoms with Gasteiger partial charge in [0.15, 0.2) is 0 Å². The van der Waals surface area contributed by atoms with Gasteiger partial charge in [-0.2, -0.15) is 0 Å². The van der Waals surface area contributed by atoms with E-state index in [9.17, 15) is 4.39 Å². The molecule has 1 aromatic rings. The monoisotopic (exact) mass is 291 g/mol. The lowest BCUT2D eigenvalue weighted by Crippen LogP contribution is -2.40. The Bertz CT molecular complexity index is 471. The van der Waals surface area contributed by atoms with Crippen LogP contribution in [-0.4, -0.2) is 44.2 Å². The van der Waals surface area contributed by atoms with Crippen LogP contribution in [0.15, 0.2) is 18.2 Å². The molecule has 4 heteroatoms. The Hall–Kier alpha value is -1.13. The molecule has 1 atom stereocenters. The van der Waals surface area contributed by atoms with Crippen LogP contribution in [0, 0.1) is 5.82 Å². The van der Waals surface area contributed by atoms with Gasteiger partial charge in [-0.3, -0.25) is 4.90 Å². The lowest BCUT2D eigenvalue weighted by atomic mass is 10.1. The smallest absolute Gasteiger partial charge is 0.146 e. The Morgan fingerprint density at radius 2 is 2.00 bits per heavy atom. The fraction of sp³-hybridized carbons (Fsp3) is 0.647. The van der Waals surface area contributed by atoms with Gasteiger partial charge in [0.05, 0.1) is 5.69 Å². The molecule has 2 heterocycles. The van der Waals surface area contributed by atoms with Crippen LogP contribution in [0.2, 0.25) is 0 Å². The van der Waals surface area contributed by atoms with Crippen molar-refractivity contribution < 1.29 is 4.39 Å². The lowest BCUT2D eigenvalue weighted by molar-refractivity contribution is 0.175. The molecule has 2 fully saturated rings. The molecule has 3 nitrogen and oxygen atoms in total. The first-order valence-corrected chi connectivity index (χ1v) is 8.20. The van der Waals surface area contributed by atoms with Crippen molar-refractivity contribution in [3.8, 4) is 0 Å². The Morgan fingerprint density at radius 1 is 1.19 bits per heavy atom. The molecular formula is C17H26FN3. The first kappa shape index (κ1) is 14.8. The highest BCUT2D eigenvalue weighted by Gasteiger charge is 2.29. The zero-order chi connectivity index (χ0) is 14.7. The number of hydrogen-bond donors (Lipinski definition) is 1. The number of nitrogens with zero attached hydrogens (tertiary/aromatic N) is 2. The van der Waals surface area contributed by atoms with E-state index in [0.29, 0.717) is 12.6 Å². The number of hydrogen-bond acceptors (Lipinski definition) is 3. The van der Waals surface area contributed by atoms with Gasteiger partial charge in [0.2, 0.25) is 0 Å². The van der Waals surface area contributed by atoms with Gasteiger partial charge in [-0.05, 0) is 57.1 Å². The van der Waals surface area contributed by atoms with Crippen molar-refractivity contribution in [1.82, 2.24) is 10.2 Å². The predicted octanol–water partition coefficient (Wildman–Crippen LogP) is 2.61. The highest BCUT2D eigenvalue weighted by Crippen LogP contribution is 2.27. The molecule has 0 bridgehead atoms. The van der Waals surface area contributed by atoms with E-state index in [1.54, 1.807) is 6.07 Å². The maximum atomic E-state index is 14.3. The van der Waals surface area contributed by atoms with Crippen molar-refractivity contribution in [3.05, 3.63) is 29.6 Å². The van der Waals surface area contributed by atoms with E-state index in [1.165, 1.54) is 32.4 Å². The van der Waals surface area contributed by atoms with Crippen LogP contribution in [0.25, 0.3) is 0 Å². The molecule has 1 N–H and O–H groups in total. The molecule has 3 rings (SSSR count). The summed E-state index contributed by atoms with van der Waals surface area (Å²) in [6.45, 7) is 5.11. The molecule has 2 aliphatic heterocycles. The minimum atomic E-state index is -0.0814. The molecule has 21 heavy (non-hydrogen) atoms. The van der Waals surface area contributed by atoms with Crippen molar-refractivity contribution in [2.75, 3.05) is 38.1 Å². The molecule has 0 radical (unpaired) electrons. The van der Waals surface area contributed by atoms with E-state index in [-0.39, 0.29) is 5.82 Å². The average molecular weight is 291 g/mol. The van der Waals surface area contributed by atoms with Crippen LogP contribution in [0.4, 0.5) is 10.1 Å². The second-order valence-electron chi connectivity index (χ2n) is 6.30. The lowest BCUT2D eigenvalue weighted by Gasteiger charge is -2.32. The minimum absolute atomic E-state index is 0.0814. The maximum absolute atomic E-state index is 14.3.